The maximum Gasteiger partial charge on any atom is 0.0570 e. The molecule has 3 rings (SSSR count). The molecule has 0 spiro atoms. The number of anilines is 1. The van der Waals surface area contributed by atoms with Crippen molar-refractivity contribution in [1.29, 1.82) is 0 Å². The maximum absolute atomic E-state index is 2.28. The van der Waals surface area contributed by atoms with Crippen molar-refractivity contribution in [1.82, 2.24) is 0 Å². The Morgan fingerprint density at radius 1 is 0.941 bits per heavy atom. The van der Waals surface area contributed by atoms with Crippen molar-refractivity contribution < 1.29 is 0 Å². The number of fused-ring (bicyclic) bond motifs is 1. The van der Waals surface area contributed by atoms with E-state index in [0.717, 1.165) is 0 Å². The minimum Gasteiger partial charge on any atom is -0.280 e. The van der Waals surface area contributed by atoms with Crippen LogP contribution in [0.15, 0.2) is 65.6 Å². The molecule has 0 unspecified atom stereocenters. The number of nitrogens with zero attached hydrogens (tertiary/aromatic N) is 1. The van der Waals surface area contributed by atoms with Gasteiger partial charge in [0, 0.05) is 10.5 Å². The topological polar surface area (TPSA) is 3.24 Å². The molecule has 1 aliphatic heterocycles. The van der Waals surface area contributed by atoms with Gasteiger partial charge in [0.15, 0.2) is 0 Å². The van der Waals surface area contributed by atoms with Gasteiger partial charge in [0.1, 0.15) is 0 Å². The highest BCUT2D eigenvalue weighted by molar-refractivity contribution is 8.01. The van der Waals surface area contributed by atoms with Gasteiger partial charge < -0.3 is 0 Å². The molecule has 0 atom stereocenters. The lowest BCUT2D eigenvalue weighted by Gasteiger charge is -2.18. The van der Waals surface area contributed by atoms with Gasteiger partial charge in [-0.2, -0.15) is 0 Å². The molecular formula is C15H13NS. The molecule has 84 valence electrons. The van der Waals surface area contributed by atoms with Gasteiger partial charge in [-0.25, -0.2) is 0 Å². The lowest BCUT2D eigenvalue weighted by Crippen LogP contribution is -2.05. The highest BCUT2D eigenvalue weighted by atomic mass is 32.2. The Kier molecular flexibility index (Phi) is 2.65. The van der Waals surface area contributed by atoms with Crippen molar-refractivity contribution >= 4 is 23.3 Å². The van der Waals surface area contributed by atoms with Gasteiger partial charge in [0.2, 0.25) is 0 Å². The van der Waals surface area contributed by atoms with Crippen molar-refractivity contribution in [2.24, 2.45) is 0 Å². The van der Waals surface area contributed by atoms with E-state index in [4.69, 9.17) is 0 Å². The monoisotopic (exact) mass is 239 g/mol. The third-order valence-electron chi connectivity index (χ3n) is 2.84. The molecule has 0 N–H and O–H groups in total. The average molecular weight is 239 g/mol. The Morgan fingerprint density at radius 2 is 1.65 bits per heavy atom. The highest BCUT2D eigenvalue weighted by Gasteiger charge is 2.24. The fourth-order valence-electron chi connectivity index (χ4n) is 2.04. The fourth-order valence-corrected chi connectivity index (χ4v) is 3.18. The van der Waals surface area contributed by atoms with Crippen LogP contribution in [-0.4, -0.2) is 0 Å². The molecule has 1 aliphatic rings. The van der Waals surface area contributed by atoms with Crippen LogP contribution in [-0.2, 0) is 0 Å². The maximum atomic E-state index is 2.28. The van der Waals surface area contributed by atoms with E-state index in [9.17, 15) is 0 Å². The van der Waals surface area contributed by atoms with E-state index >= 15 is 0 Å². The second-order valence-electron chi connectivity index (χ2n) is 3.89. The molecule has 1 heterocycles. The molecule has 0 amide bonds. The Labute approximate surface area is 106 Å². The number of rotatable bonds is 1. The quantitative estimate of drug-likeness (QED) is 0.670. The Balaban J connectivity index is 2.07. The van der Waals surface area contributed by atoms with Crippen molar-refractivity contribution in [3.8, 4) is 0 Å². The molecule has 1 nitrogen and oxygen atoms in total. The van der Waals surface area contributed by atoms with Crippen LogP contribution < -0.4 is 4.31 Å². The summed E-state index contributed by atoms with van der Waals surface area (Å²) in [4.78, 5) is 1.32. The zero-order valence-corrected chi connectivity index (χ0v) is 10.4. The molecule has 0 saturated carbocycles. The molecule has 17 heavy (non-hydrogen) atoms. The van der Waals surface area contributed by atoms with E-state index < -0.39 is 0 Å². The summed E-state index contributed by atoms with van der Waals surface area (Å²) in [6.07, 6.45) is 2.17. The van der Waals surface area contributed by atoms with E-state index in [1.807, 2.05) is 6.07 Å². The highest BCUT2D eigenvalue weighted by Crippen LogP contribution is 2.45. The molecular weight excluding hydrogens is 226 g/mol. The van der Waals surface area contributed by atoms with Crippen LogP contribution >= 0.6 is 11.9 Å². The Hall–Kier alpha value is -1.67. The first-order chi connectivity index (χ1) is 8.40. The summed E-state index contributed by atoms with van der Waals surface area (Å²) in [6, 6.07) is 19.0. The van der Waals surface area contributed by atoms with E-state index in [-0.39, 0.29) is 0 Å². The summed E-state index contributed by atoms with van der Waals surface area (Å²) in [5.41, 5.74) is 3.82. The smallest absolute Gasteiger partial charge is 0.0570 e. The first-order valence-corrected chi connectivity index (χ1v) is 6.46. The summed E-state index contributed by atoms with van der Waals surface area (Å²) in [5, 5.41) is 0. The van der Waals surface area contributed by atoms with Crippen LogP contribution in [0.25, 0.3) is 5.70 Å². The lowest BCUT2D eigenvalue weighted by atomic mass is 10.1. The van der Waals surface area contributed by atoms with Gasteiger partial charge in [0.25, 0.3) is 0 Å². The number of para-hydroxylation sites is 1. The molecule has 0 radical (unpaired) electrons. The molecule has 0 fully saturated rings. The number of allylic oxidation sites excluding steroid dienone is 1. The molecule has 2 aromatic rings. The van der Waals surface area contributed by atoms with Crippen LogP contribution in [0, 0.1) is 0 Å². The zero-order valence-electron chi connectivity index (χ0n) is 9.63. The van der Waals surface area contributed by atoms with Gasteiger partial charge in [-0.3, -0.25) is 4.31 Å². The van der Waals surface area contributed by atoms with Gasteiger partial charge in [-0.15, -0.1) is 0 Å². The normalized spacial score (nSPS) is 16.3. The number of benzene rings is 2. The third-order valence-corrected chi connectivity index (χ3v) is 3.98. The van der Waals surface area contributed by atoms with E-state index in [0.29, 0.717) is 0 Å². The molecule has 2 heteroatoms. The first-order valence-electron chi connectivity index (χ1n) is 5.69. The van der Waals surface area contributed by atoms with Gasteiger partial charge >= 0.3 is 0 Å². The van der Waals surface area contributed by atoms with Crippen LogP contribution in [0.3, 0.4) is 0 Å². The average Bonchev–Trinajstić information content (AvgIpc) is 2.78. The third kappa shape index (κ3) is 1.75. The molecule has 0 saturated heterocycles. The summed E-state index contributed by atoms with van der Waals surface area (Å²) < 4.78 is 2.28. The number of hydrogen-bond acceptors (Lipinski definition) is 2. The van der Waals surface area contributed by atoms with Crippen molar-refractivity contribution in [2.45, 2.75) is 11.8 Å². The van der Waals surface area contributed by atoms with Crippen LogP contribution in [0.1, 0.15) is 12.5 Å². The molecule has 0 aliphatic carbocycles. The molecule has 2 aromatic carbocycles. The predicted octanol–water partition coefficient (Wildman–Crippen LogP) is 4.57. The van der Waals surface area contributed by atoms with E-state index in [1.54, 1.807) is 11.9 Å². The lowest BCUT2D eigenvalue weighted by molar-refractivity contribution is 1.40. The Bertz CT molecular complexity index is 560. The van der Waals surface area contributed by atoms with E-state index in [1.165, 1.54) is 21.8 Å². The first kappa shape index (κ1) is 10.5. The summed E-state index contributed by atoms with van der Waals surface area (Å²) >= 11 is 1.79. The predicted molar refractivity (Wildman–Crippen MR) is 74.9 cm³/mol. The second-order valence-corrected chi connectivity index (χ2v) is 4.88. The zero-order chi connectivity index (χ0) is 11.7. The summed E-state index contributed by atoms with van der Waals surface area (Å²) in [5.74, 6) is 0. The summed E-state index contributed by atoms with van der Waals surface area (Å²) in [6.45, 7) is 2.09. The molecule has 0 bridgehead atoms. The van der Waals surface area contributed by atoms with Crippen LogP contribution in [0.5, 0.6) is 0 Å². The largest absolute Gasteiger partial charge is 0.280 e. The second kappa shape index (κ2) is 4.30. The van der Waals surface area contributed by atoms with Crippen molar-refractivity contribution in [3.63, 3.8) is 0 Å². The van der Waals surface area contributed by atoms with Crippen molar-refractivity contribution in [3.05, 3.63) is 66.2 Å². The fraction of sp³-hybridized carbons (Fsp3) is 0.0667. The minimum absolute atomic E-state index is 1.22. The molecule has 0 aromatic heterocycles. The summed E-state index contributed by atoms with van der Waals surface area (Å²) in [7, 11) is 0. The minimum atomic E-state index is 1.22. The Morgan fingerprint density at radius 3 is 2.41 bits per heavy atom. The number of hydrogen-bond donors (Lipinski definition) is 0. The van der Waals surface area contributed by atoms with Crippen molar-refractivity contribution in [2.75, 3.05) is 4.31 Å². The van der Waals surface area contributed by atoms with Gasteiger partial charge in [0.05, 0.1) is 11.4 Å². The van der Waals surface area contributed by atoms with E-state index in [2.05, 4.69) is 65.8 Å². The standard InChI is InChI=1S/C15H13NS/c1-2-14-13-10-6-7-11-15(13)17-16(14)12-8-4-3-5-9-12/h2-11H,1H3/b14-2-. The van der Waals surface area contributed by atoms with Crippen LogP contribution in [0.4, 0.5) is 5.69 Å². The van der Waals surface area contributed by atoms with Crippen LogP contribution in [0.2, 0.25) is 0 Å². The van der Waals surface area contributed by atoms with Gasteiger partial charge in [-0.1, -0.05) is 42.5 Å². The van der Waals surface area contributed by atoms with Gasteiger partial charge in [-0.05, 0) is 37.1 Å². The SMILES string of the molecule is C/C=C1/c2ccccc2SN1c1ccccc1.